The van der Waals surface area contributed by atoms with E-state index in [0.29, 0.717) is 6.42 Å². The molecule has 1 aromatic heterocycles. The van der Waals surface area contributed by atoms with Gasteiger partial charge in [0, 0.05) is 57.7 Å². The smallest absolute Gasteiger partial charge is 0.226 e. The fourth-order valence-electron chi connectivity index (χ4n) is 4.36. The van der Waals surface area contributed by atoms with Crippen LogP contribution in [0.2, 0.25) is 0 Å². The van der Waals surface area contributed by atoms with Gasteiger partial charge in [-0.15, -0.1) is 0 Å². The molecule has 1 fully saturated rings. The quantitative estimate of drug-likeness (QED) is 0.904. The highest BCUT2D eigenvalue weighted by Gasteiger charge is 2.31. The highest BCUT2D eigenvalue weighted by Crippen LogP contribution is 2.39. The van der Waals surface area contributed by atoms with Crippen LogP contribution in [0.15, 0.2) is 18.3 Å². The number of fused-ring (bicyclic) bond motifs is 1. The summed E-state index contributed by atoms with van der Waals surface area (Å²) in [5.41, 5.74) is 6.34. The van der Waals surface area contributed by atoms with Crippen LogP contribution in [0.25, 0.3) is 0 Å². The van der Waals surface area contributed by atoms with E-state index in [-0.39, 0.29) is 11.8 Å². The first kappa shape index (κ1) is 18.2. The van der Waals surface area contributed by atoms with Crippen molar-refractivity contribution in [3.8, 4) is 0 Å². The number of piperazine rings is 1. The number of nitrogens with one attached hydrogen (secondary N) is 1. The van der Waals surface area contributed by atoms with Crippen molar-refractivity contribution in [1.29, 1.82) is 0 Å². The van der Waals surface area contributed by atoms with Crippen LogP contribution < -0.4 is 5.32 Å². The Morgan fingerprint density at radius 3 is 2.59 bits per heavy atom. The minimum atomic E-state index is 0.0672. The lowest BCUT2D eigenvalue weighted by Crippen LogP contribution is -2.44. The van der Waals surface area contributed by atoms with Gasteiger partial charge in [-0.1, -0.05) is 17.7 Å². The molecule has 0 bridgehead atoms. The van der Waals surface area contributed by atoms with Crippen molar-refractivity contribution in [1.82, 2.24) is 19.6 Å². The molecule has 4 rings (SSSR count). The maximum atomic E-state index is 12.3. The zero-order valence-electron chi connectivity index (χ0n) is 16.7. The Balaban J connectivity index is 1.68. The number of aromatic nitrogens is 2. The van der Waals surface area contributed by atoms with Crippen molar-refractivity contribution in [3.05, 3.63) is 46.1 Å². The Labute approximate surface area is 161 Å². The number of carbonyl (C=O) groups is 1. The molecule has 1 N–H and O–H groups in total. The molecule has 1 aromatic carbocycles. The van der Waals surface area contributed by atoms with Crippen LogP contribution in [0.5, 0.6) is 0 Å². The lowest BCUT2D eigenvalue weighted by atomic mass is 9.82. The molecule has 0 aliphatic carbocycles. The van der Waals surface area contributed by atoms with Crippen LogP contribution >= 0.6 is 0 Å². The number of benzene rings is 1. The van der Waals surface area contributed by atoms with Crippen LogP contribution in [0, 0.1) is 13.8 Å². The monoisotopic (exact) mass is 367 g/mol. The highest BCUT2D eigenvalue weighted by atomic mass is 16.1. The Bertz CT molecular complexity index is 864. The molecule has 0 saturated carbocycles. The molecular formula is C21H29N5O. The topological polar surface area (TPSA) is 53.4 Å². The van der Waals surface area contributed by atoms with Gasteiger partial charge >= 0.3 is 0 Å². The predicted octanol–water partition coefficient (Wildman–Crippen LogP) is 2.26. The van der Waals surface area contributed by atoms with E-state index < -0.39 is 0 Å². The number of anilines is 1. The lowest BCUT2D eigenvalue weighted by molar-refractivity contribution is -0.116. The molecule has 2 aromatic rings. The number of rotatable bonds is 3. The summed E-state index contributed by atoms with van der Waals surface area (Å²) in [6, 6.07) is 4.56. The second-order valence-electron chi connectivity index (χ2n) is 8.09. The molecule has 0 spiro atoms. The first-order valence-electron chi connectivity index (χ1n) is 9.75. The summed E-state index contributed by atoms with van der Waals surface area (Å²) in [5.74, 6) is 0.976. The van der Waals surface area contributed by atoms with E-state index in [1.807, 2.05) is 13.2 Å². The molecule has 3 heterocycles. The van der Waals surface area contributed by atoms with E-state index >= 15 is 0 Å². The van der Waals surface area contributed by atoms with Crippen LogP contribution in [-0.4, -0.2) is 58.7 Å². The molecular weight excluding hydrogens is 338 g/mol. The van der Waals surface area contributed by atoms with Gasteiger partial charge in [0.2, 0.25) is 5.91 Å². The molecule has 6 heteroatoms. The fraction of sp³-hybridized carbons (Fsp3) is 0.524. The van der Waals surface area contributed by atoms with Crippen molar-refractivity contribution in [3.63, 3.8) is 0 Å². The van der Waals surface area contributed by atoms with E-state index in [1.165, 1.54) is 22.3 Å². The van der Waals surface area contributed by atoms with Gasteiger partial charge in [-0.05, 0) is 37.6 Å². The number of amides is 1. The largest absolute Gasteiger partial charge is 0.311 e. The third-order valence-electron chi connectivity index (χ3n) is 6.05. The molecule has 1 unspecified atom stereocenters. The Morgan fingerprint density at radius 1 is 1.11 bits per heavy atom. The van der Waals surface area contributed by atoms with E-state index in [9.17, 15) is 4.79 Å². The molecule has 1 amide bonds. The lowest BCUT2D eigenvalue weighted by Gasteiger charge is -2.33. The molecule has 144 valence electrons. The van der Waals surface area contributed by atoms with E-state index in [1.54, 1.807) is 4.68 Å². The number of hydrogen-bond donors (Lipinski definition) is 1. The summed E-state index contributed by atoms with van der Waals surface area (Å²) in [4.78, 5) is 17.2. The van der Waals surface area contributed by atoms with E-state index in [4.69, 9.17) is 0 Å². The summed E-state index contributed by atoms with van der Waals surface area (Å²) >= 11 is 0. The predicted molar refractivity (Wildman–Crippen MR) is 107 cm³/mol. The van der Waals surface area contributed by atoms with Crippen molar-refractivity contribution < 1.29 is 4.79 Å². The van der Waals surface area contributed by atoms with Gasteiger partial charge in [-0.3, -0.25) is 14.4 Å². The van der Waals surface area contributed by atoms with Gasteiger partial charge in [0.25, 0.3) is 0 Å². The third-order valence-corrected chi connectivity index (χ3v) is 6.05. The van der Waals surface area contributed by atoms with Crippen LogP contribution in [0.4, 0.5) is 5.82 Å². The summed E-state index contributed by atoms with van der Waals surface area (Å²) in [6.45, 7) is 9.81. The zero-order chi connectivity index (χ0) is 19.1. The van der Waals surface area contributed by atoms with Gasteiger partial charge in [-0.2, -0.15) is 5.10 Å². The van der Waals surface area contributed by atoms with Crippen LogP contribution in [0.1, 0.15) is 40.2 Å². The summed E-state index contributed by atoms with van der Waals surface area (Å²) in [7, 11) is 4.07. The minimum Gasteiger partial charge on any atom is -0.311 e. The summed E-state index contributed by atoms with van der Waals surface area (Å²) in [6.07, 6.45) is 2.39. The zero-order valence-corrected chi connectivity index (χ0v) is 16.7. The Hall–Kier alpha value is -2.18. The number of nitrogens with zero attached hydrogens (tertiary/aromatic N) is 4. The minimum absolute atomic E-state index is 0.0672. The first-order valence-corrected chi connectivity index (χ1v) is 9.75. The van der Waals surface area contributed by atoms with Gasteiger partial charge < -0.3 is 10.2 Å². The standard InChI is InChI=1S/C21H29N5O/c1-14-9-16(13-26-7-5-24(3)6-8-26)15(2)17(10-14)18-11-20(27)23-21-19(18)12-22-25(21)4/h9-10,12,18H,5-8,11,13H2,1-4H3,(H,23,27). The van der Waals surface area contributed by atoms with E-state index in [0.717, 1.165) is 44.1 Å². The third kappa shape index (κ3) is 3.51. The Kier molecular flexibility index (Phi) is 4.78. The van der Waals surface area contributed by atoms with Crippen molar-refractivity contribution in [2.75, 3.05) is 38.5 Å². The number of aryl methyl sites for hydroxylation is 2. The normalized spacial score (nSPS) is 21.2. The van der Waals surface area contributed by atoms with E-state index in [2.05, 4.69) is 53.2 Å². The highest BCUT2D eigenvalue weighted by molar-refractivity contribution is 5.94. The molecule has 2 aliphatic rings. The maximum absolute atomic E-state index is 12.3. The molecule has 1 saturated heterocycles. The van der Waals surface area contributed by atoms with Crippen molar-refractivity contribution in [2.45, 2.75) is 32.7 Å². The molecule has 6 nitrogen and oxygen atoms in total. The summed E-state index contributed by atoms with van der Waals surface area (Å²) in [5, 5.41) is 7.35. The SMILES string of the molecule is Cc1cc(CN2CCN(C)CC2)c(C)c(C2CC(=O)Nc3c2cnn3C)c1. The van der Waals surface area contributed by atoms with Crippen molar-refractivity contribution in [2.24, 2.45) is 7.05 Å². The second kappa shape index (κ2) is 7.09. The Morgan fingerprint density at radius 2 is 1.85 bits per heavy atom. The van der Waals surface area contributed by atoms with Crippen LogP contribution in [-0.2, 0) is 18.4 Å². The van der Waals surface area contributed by atoms with Crippen LogP contribution in [0.3, 0.4) is 0 Å². The second-order valence-corrected chi connectivity index (χ2v) is 8.09. The van der Waals surface area contributed by atoms with Gasteiger partial charge in [-0.25, -0.2) is 0 Å². The van der Waals surface area contributed by atoms with Crippen molar-refractivity contribution >= 4 is 11.7 Å². The molecule has 2 aliphatic heterocycles. The average molecular weight is 367 g/mol. The first-order chi connectivity index (χ1) is 12.9. The van der Waals surface area contributed by atoms with Gasteiger partial charge in [0.1, 0.15) is 5.82 Å². The molecule has 0 radical (unpaired) electrons. The van der Waals surface area contributed by atoms with Gasteiger partial charge in [0.05, 0.1) is 6.20 Å². The fourth-order valence-corrected chi connectivity index (χ4v) is 4.36. The number of hydrogen-bond acceptors (Lipinski definition) is 4. The van der Waals surface area contributed by atoms with Gasteiger partial charge in [0.15, 0.2) is 0 Å². The molecule has 1 atom stereocenters. The molecule has 27 heavy (non-hydrogen) atoms. The maximum Gasteiger partial charge on any atom is 0.226 e. The number of carbonyl (C=O) groups excluding carboxylic acids is 1. The average Bonchev–Trinajstić information content (AvgIpc) is 3.00. The number of likely N-dealkylation sites (N-methyl/N-ethyl adjacent to an activating group) is 1. The summed E-state index contributed by atoms with van der Waals surface area (Å²) < 4.78 is 1.76.